The van der Waals surface area contributed by atoms with Gasteiger partial charge in [0.05, 0.1) is 0 Å². The molecule has 0 saturated heterocycles. The summed E-state index contributed by atoms with van der Waals surface area (Å²) in [6, 6.07) is 86.9. The van der Waals surface area contributed by atoms with Crippen LogP contribution in [0.2, 0.25) is 0 Å². The van der Waals surface area contributed by atoms with Crippen molar-refractivity contribution in [2.45, 2.75) is 176 Å². The predicted octanol–water partition coefficient (Wildman–Crippen LogP) is 27.9. The van der Waals surface area contributed by atoms with Gasteiger partial charge in [0.15, 0.2) is 0 Å². The third-order valence-corrected chi connectivity index (χ3v) is 31.9. The molecule has 0 unspecified atom stereocenters. The summed E-state index contributed by atoms with van der Waals surface area (Å²) in [5, 5.41) is 9.79. The average molecular weight is 1380 g/mol. The Kier molecular flexibility index (Phi) is 12.9. The minimum Gasteiger partial charge on any atom is -0.456 e. The Morgan fingerprint density at radius 2 is 0.462 bits per heavy atom. The van der Waals surface area contributed by atoms with Crippen LogP contribution in [0.15, 0.2) is 227 Å². The van der Waals surface area contributed by atoms with Crippen LogP contribution < -0.4 is 9.80 Å². The molecule has 16 bridgehead atoms. The molecule has 16 aliphatic rings. The second kappa shape index (κ2) is 22.4. The van der Waals surface area contributed by atoms with Crippen LogP contribution in [0, 0.1) is 71.0 Å². The van der Waals surface area contributed by atoms with Crippen molar-refractivity contribution in [3.63, 3.8) is 0 Å². The minimum absolute atomic E-state index is 0.230. The van der Waals surface area contributed by atoms with E-state index in [1.165, 1.54) is 254 Å². The van der Waals surface area contributed by atoms with E-state index in [-0.39, 0.29) is 21.7 Å². The lowest BCUT2D eigenvalue weighted by molar-refractivity contribution is -0.00856. The van der Waals surface area contributed by atoms with E-state index in [0.29, 0.717) is 0 Å². The van der Waals surface area contributed by atoms with Gasteiger partial charge in [0.25, 0.3) is 0 Å². The normalized spacial score (nSPS) is 32.5. The van der Waals surface area contributed by atoms with Crippen molar-refractivity contribution in [3.05, 3.63) is 241 Å². The van der Waals surface area contributed by atoms with Gasteiger partial charge in [-0.2, -0.15) is 0 Å². The Labute approximate surface area is 623 Å². The maximum Gasteiger partial charge on any atom is 0.135 e. The lowest BCUT2D eigenvalue weighted by atomic mass is 9.46. The fourth-order valence-corrected chi connectivity index (χ4v) is 29.5. The molecule has 0 aliphatic heterocycles. The topological polar surface area (TPSA) is 32.8 Å². The fourth-order valence-electron chi connectivity index (χ4n) is 29.5. The molecule has 16 aliphatic carbocycles. The zero-order valence-corrected chi connectivity index (χ0v) is 61.4. The molecule has 0 N–H and O–H groups in total. The quantitative estimate of drug-likeness (QED) is 0.114. The van der Waals surface area contributed by atoms with Crippen LogP contribution in [0.25, 0.3) is 87.7 Å². The molecular weight excluding hydrogens is 1290 g/mol. The number of anilines is 6. The van der Waals surface area contributed by atoms with Crippen molar-refractivity contribution in [3.8, 4) is 22.3 Å². The zero-order chi connectivity index (χ0) is 68.9. The van der Waals surface area contributed by atoms with Crippen molar-refractivity contribution in [1.82, 2.24) is 0 Å². The Morgan fingerprint density at radius 3 is 0.764 bits per heavy atom. The summed E-state index contributed by atoms with van der Waals surface area (Å²) in [6.07, 6.45) is 33.6. The van der Waals surface area contributed by atoms with Crippen molar-refractivity contribution >= 4 is 99.5 Å². The van der Waals surface area contributed by atoms with Gasteiger partial charge in [-0.1, -0.05) is 121 Å². The van der Waals surface area contributed by atoms with Gasteiger partial charge in [-0.25, -0.2) is 0 Å². The highest BCUT2D eigenvalue weighted by atomic mass is 16.3. The molecular formula is C102H96N2O2. The molecule has 0 radical (unpaired) electrons. The maximum atomic E-state index is 6.71. The molecule has 2 heterocycles. The maximum absolute atomic E-state index is 6.71. The Balaban J connectivity index is 0.733. The Hall–Kier alpha value is -8.86. The van der Waals surface area contributed by atoms with E-state index >= 15 is 0 Å². The molecule has 0 amide bonds. The summed E-state index contributed by atoms with van der Waals surface area (Å²) < 4.78 is 13.4. The number of furan rings is 2. The van der Waals surface area contributed by atoms with E-state index in [4.69, 9.17) is 8.83 Å². The van der Waals surface area contributed by atoms with E-state index in [2.05, 4.69) is 228 Å². The standard InChI is InChI=1S/C102H96N2O2/c1-3-11-73(12-4-1)97-87-23-19-80(104(82-22-26-96-90(46-82)86-16-8-10-18-94(86)106-96)84-43-77(101-55-67-33-68(56-101)35-69(34-67)57-101)40-78(44-84)102-58-70-36-71(59-102)38-72(37-70)60-102)48-92(87)98(74-13-5-2-6-14-74)88-24-20-79(47-91(88)97)103(81-21-25-95-89(45-81)85-15-7-9-17-93(85)105-95)83-41-75(99-49-61-27-62(50-99)29-63(28-61)51-99)39-76(42-83)100-52-64-30-65(53-100)32-66(31-64)54-100/h1-26,39-48,61-72H,27-38,49-60H2. The second-order valence-electron chi connectivity index (χ2n) is 38.5. The molecule has 16 saturated carbocycles. The SMILES string of the molecule is c1ccc(-c2c3ccc(N(c4cc(C56CC7CC(CC(C7)C5)C6)cc(C56CC7CC(CC(C7)C5)C6)c4)c4ccc5oc6ccccc6c5c4)cc3c(-c3ccccc3)c3ccc(N(c4cc(C56CC7CC(CC(C7)C5)C6)cc(C56CC7CC(CC(C7)C5)C6)c4)c4ccc5oc6ccccc6c5c4)cc23)cc1. The van der Waals surface area contributed by atoms with E-state index < -0.39 is 0 Å². The molecule has 16 fully saturated rings. The van der Waals surface area contributed by atoms with Crippen LogP contribution >= 0.6 is 0 Å². The first kappa shape index (κ1) is 61.2. The molecule has 526 valence electrons. The monoisotopic (exact) mass is 1380 g/mol. The molecule has 106 heavy (non-hydrogen) atoms. The van der Waals surface area contributed by atoms with E-state index in [9.17, 15) is 0 Å². The average Bonchev–Trinajstić information content (AvgIpc) is 0.882. The first-order chi connectivity index (χ1) is 52.1. The smallest absolute Gasteiger partial charge is 0.135 e. The lowest BCUT2D eigenvalue weighted by Crippen LogP contribution is -2.50. The van der Waals surface area contributed by atoms with Gasteiger partial charge in [0.1, 0.15) is 22.3 Å². The molecule has 13 aromatic rings. The van der Waals surface area contributed by atoms with Crippen LogP contribution in [0.4, 0.5) is 34.1 Å². The van der Waals surface area contributed by atoms with E-state index in [0.717, 1.165) is 93.3 Å². The first-order valence-corrected chi connectivity index (χ1v) is 42.0. The summed E-state index contributed by atoms with van der Waals surface area (Å²) in [6.45, 7) is 0. The number of benzene rings is 11. The number of nitrogens with zero attached hydrogens (tertiary/aromatic N) is 2. The molecule has 4 heteroatoms. The zero-order valence-electron chi connectivity index (χ0n) is 61.4. The van der Waals surface area contributed by atoms with E-state index in [1.807, 2.05) is 0 Å². The number of hydrogen-bond acceptors (Lipinski definition) is 4. The summed E-state index contributed by atoms with van der Waals surface area (Å²) in [7, 11) is 0. The molecule has 11 aromatic carbocycles. The Bertz CT molecular complexity index is 5180. The van der Waals surface area contributed by atoms with Gasteiger partial charge in [-0.05, 0) is 410 Å². The first-order valence-electron chi connectivity index (χ1n) is 42.0. The molecule has 4 nitrogen and oxygen atoms in total. The highest BCUT2D eigenvalue weighted by molar-refractivity contribution is 6.23. The molecule has 0 spiro atoms. The van der Waals surface area contributed by atoms with Crippen LogP contribution in [0.1, 0.15) is 176 Å². The lowest BCUT2D eigenvalue weighted by Gasteiger charge is -2.58. The van der Waals surface area contributed by atoms with Crippen LogP contribution in [0.3, 0.4) is 0 Å². The van der Waals surface area contributed by atoms with Gasteiger partial charge < -0.3 is 18.6 Å². The van der Waals surface area contributed by atoms with Crippen molar-refractivity contribution in [1.29, 1.82) is 0 Å². The van der Waals surface area contributed by atoms with Crippen molar-refractivity contribution < 1.29 is 8.83 Å². The minimum atomic E-state index is 0.230. The Morgan fingerprint density at radius 1 is 0.208 bits per heavy atom. The number of para-hydroxylation sites is 2. The van der Waals surface area contributed by atoms with Gasteiger partial charge >= 0.3 is 0 Å². The number of rotatable bonds is 12. The highest BCUT2D eigenvalue weighted by Gasteiger charge is 2.57. The number of hydrogen-bond donors (Lipinski definition) is 0. The van der Waals surface area contributed by atoms with Crippen LogP contribution in [0.5, 0.6) is 0 Å². The molecule has 2 aromatic heterocycles. The summed E-state index contributed by atoms with van der Waals surface area (Å²) in [5.41, 5.74) is 23.8. The van der Waals surface area contributed by atoms with Crippen molar-refractivity contribution in [2.75, 3.05) is 9.80 Å². The summed E-state index contributed by atoms with van der Waals surface area (Å²) in [5.74, 6) is 10.3. The largest absolute Gasteiger partial charge is 0.456 e. The van der Waals surface area contributed by atoms with Gasteiger partial charge in [-0.3, -0.25) is 0 Å². The third kappa shape index (κ3) is 9.30. The molecule has 29 rings (SSSR count). The van der Waals surface area contributed by atoms with Gasteiger partial charge in [-0.15, -0.1) is 0 Å². The van der Waals surface area contributed by atoms with Crippen LogP contribution in [-0.2, 0) is 21.7 Å². The summed E-state index contributed by atoms with van der Waals surface area (Å²) >= 11 is 0. The van der Waals surface area contributed by atoms with E-state index in [1.54, 1.807) is 22.3 Å². The predicted molar refractivity (Wildman–Crippen MR) is 436 cm³/mol. The third-order valence-electron chi connectivity index (χ3n) is 31.9. The van der Waals surface area contributed by atoms with Crippen molar-refractivity contribution in [2.24, 2.45) is 71.0 Å². The fraction of sp³-hybridized carbons (Fsp3) is 0.392. The van der Waals surface area contributed by atoms with Crippen LogP contribution in [-0.4, -0.2) is 0 Å². The highest BCUT2D eigenvalue weighted by Crippen LogP contribution is 2.68. The second-order valence-corrected chi connectivity index (χ2v) is 38.5. The summed E-state index contributed by atoms with van der Waals surface area (Å²) in [4.78, 5) is 5.46. The number of fused-ring (bicyclic) bond motifs is 8. The van der Waals surface area contributed by atoms with Gasteiger partial charge in [0.2, 0.25) is 0 Å². The van der Waals surface area contributed by atoms with Gasteiger partial charge in [0, 0.05) is 55.7 Å². The molecule has 0 atom stereocenters.